The highest BCUT2D eigenvalue weighted by atomic mass is 35.5. The average Bonchev–Trinajstić information content (AvgIpc) is 2.35. The highest BCUT2D eigenvalue weighted by Gasteiger charge is 2.44. The Morgan fingerprint density at radius 1 is 0.722 bits per heavy atom. The predicted molar refractivity (Wildman–Crippen MR) is 75.8 cm³/mol. The predicted octanol–water partition coefficient (Wildman–Crippen LogP) is 3.35. The maximum atomic E-state index is 5.77. The molecule has 0 bridgehead atoms. The van der Waals surface area contributed by atoms with Crippen LogP contribution >= 0.6 is 11.6 Å². The topological polar surface area (TPSA) is 36.9 Å². The van der Waals surface area contributed by atoms with E-state index < -0.39 is 9.05 Å². The van der Waals surface area contributed by atoms with E-state index in [0.717, 1.165) is 31.6 Å². The van der Waals surface area contributed by atoms with E-state index in [0.29, 0.717) is 26.4 Å². The second kappa shape index (κ2) is 12.4. The Labute approximate surface area is 117 Å². The highest BCUT2D eigenvalue weighted by Crippen LogP contribution is 2.13. The Kier molecular flexibility index (Phi) is 12.6. The molecule has 0 heterocycles. The number of hydrogen-bond acceptors (Lipinski definition) is 4. The van der Waals surface area contributed by atoms with E-state index in [1.54, 1.807) is 0 Å². The summed E-state index contributed by atoms with van der Waals surface area (Å²) < 4.78 is 22.5. The SMILES string of the molecule is CCO[Si](OCC)(OCC)OCCCCCCCl. The number of halogens is 1. The van der Waals surface area contributed by atoms with Gasteiger partial charge in [0.05, 0.1) is 0 Å². The molecule has 0 rings (SSSR count). The highest BCUT2D eigenvalue weighted by molar-refractivity contribution is 6.53. The van der Waals surface area contributed by atoms with Gasteiger partial charge in [-0.15, -0.1) is 11.6 Å². The lowest BCUT2D eigenvalue weighted by atomic mass is 10.2. The Morgan fingerprint density at radius 3 is 1.67 bits per heavy atom. The fourth-order valence-electron chi connectivity index (χ4n) is 1.53. The molecule has 0 fully saturated rings. The van der Waals surface area contributed by atoms with Crippen molar-refractivity contribution in [3.63, 3.8) is 0 Å². The Morgan fingerprint density at radius 2 is 1.22 bits per heavy atom. The standard InChI is InChI=1S/C12H27ClO4Si/c1-4-14-18(15-5-2,16-6-3)17-12-10-8-7-9-11-13/h4-12H2,1-3H3. The molecule has 110 valence electrons. The second-order valence-electron chi connectivity index (χ2n) is 3.75. The zero-order valence-corrected chi connectivity index (χ0v) is 13.6. The fourth-order valence-corrected chi connectivity index (χ4v) is 3.67. The summed E-state index contributed by atoms with van der Waals surface area (Å²) in [6, 6.07) is 0. The molecule has 0 aliphatic carbocycles. The summed E-state index contributed by atoms with van der Waals surface area (Å²) in [6.45, 7) is 8.00. The summed E-state index contributed by atoms with van der Waals surface area (Å²) in [5, 5.41) is 0. The first kappa shape index (κ1) is 18.3. The van der Waals surface area contributed by atoms with E-state index >= 15 is 0 Å². The molecule has 4 nitrogen and oxygen atoms in total. The van der Waals surface area contributed by atoms with Crippen LogP contribution < -0.4 is 0 Å². The van der Waals surface area contributed by atoms with E-state index in [9.17, 15) is 0 Å². The number of hydrogen-bond donors (Lipinski definition) is 0. The molecule has 6 heteroatoms. The molecule has 0 N–H and O–H groups in total. The minimum Gasteiger partial charge on any atom is -0.351 e. The van der Waals surface area contributed by atoms with Crippen molar-refractivity contribution in [3.05, 3.63) is 0 Å². The zero-order valence-electron chi connectivity index (χ0n) is 11.9. The van der Waals surface area contributed by atoms with Gasteiger partial charge in [0.25, 0.3) is 0 Å². The monoisotopic (exact) mass is 298 g/mol. The van der Waals surface area contributed by atoms with E-state index in [1.165, 1.54) is 0 Å². The third-order valence-corrected chi connectivity index (χ3v) is 5.02. The van der Waals surface area contributed by atoms with Gasteiger partial charge in [0.1, 0.15) is 0 Å². The van der Waals surface area contributed by atoms with Crippen LogP contribution in [0.3, 0.4) is 0 Å². The Hall–Kier alpha value is 0.347. The third-order valence-electron chi connectivity index (χ3n) is 2.27. The first-order valence-corrected chi connectivity index (χ1v) is 9.03. The smallest absolute Gasteiger partial charge is 0.351 e. The number of alkyl halides is 1. The largest absolute Gasteiger partial charge is 0.679 e. The van der Waals surface area contributed by atoms with Gasteiger partial charge in [0.15, 0.2) is 0 Å². The summed E-state index contributed by atoms with van der Waals surface area (Å²) in [5.41, 5.74) is 0. The van der Waals surface area contributed by atoms with Crippen LogP contribution in [0, 0.1) is 0 Å². The zero-order chi connectivity index (χ0) is 13.7. The van der Waals surface area contributed by atoms with Gasteiger partial charge in [0, 0.05) is 32.3 Å². The molecule has 0 atom stereocenters. The van der Waals surface area contributed by atoms with Crippen LogP contribution in [0.25, 0.3) is 0 Å². The van der Waals surface area contributed by atoms with Crippen LogP contribution in [0.4, 0.5) is 0 Å². The lowest BCUT2D eigenvalue weighted by Gasteiger charge is -2.26. The summed E-state index contributed by atoms with van der Waals surface area (Å²) in [7, 11) is -2.89. The molecule has 0 aliphatic rings. The number of unbranched alkanes of at least 4 members (excludes halogenated alkanes) is 3. The van der Waals surface area contributed by atoms with Crippen LogP contribution in [-0.4, -0.2) is 41.4 Å². The van der Waals surface area contributed by atoms with E-state index in [-0.39, 0.29) is 0 Å². The lowest BCUT2D eigenvalue weighted by Crippen LogP contribution is -2.49. The summed E-state index contributed by atoms with van der Waals surface area (Å²) in [4.78, 5) is 0. The normalized spacial score (nSPS) is 12.0. The van der Waals surface area contributed by atoms with Gasteiger partial charge < -0.3 is 17.7 Å². The number of rotatable bonds is 13. The van der Waals surface area contributed by atoms with Crippen LogP contribution in [0.2, 0.25) is 0 Å². The molecular formula is C12H27ClO4Si. The van der Waals surface area contributed by atoms with E-state index in [4.69, 9.17) is 29.3 Å². The van der Waals surface area contributed by atoms with Crippen LogP contribution in [0.5, 0.6) is 0 Å². The minimum atomic E-state index is -2.89. The first-order valence-electron chi connectivity index (χ1n) is 6.86. The molecular weight excluding hydrogens is 272 g/mol. The van der Waals surface area contributed by atoms with Crippen molar-refractivity contribution < 1.29 is 17.7 Å². The van der Waals surface area contributed by atoms with Gasteiger partial charge in [-0.3, -0.25) is 0 Å². The maximum absolute atomic E-state index is 5.77. The van der Waals surface area contributed by atoms with Crippen molar-refractivity contribution in [3.8, 4) is 0 Å². The molecule has 0 saturated heterocycles. The second-order valence-corrected chi connectivity index (χ2v) is 6.28. The van der Waals surface area contributed by atoms with Crippen molar-refractivity contribution in [2.45, 2.75) is 46.5 Å². The Balaban J connectivity index is 3.97. The van der Waals surface area contributed by atoms with Gasteiger partial charge in [-0.1, -0.05) is 12.8 Å². The molecule has 0 amide bonds. The molecule has 0 aromatic carbocycles. The van der Waals surface area contributed by atoms with Crippen molar-refractivity contribution >= 4 is 20.6 Å². The van der Waals surface area contributed by atoms with Gasteiger partial charge in [-0.2, -0.15) is 0 Å². The molecule has 0 saturated carbocycles. The molecule has 0 aromatic heterocycles. The van der Waals surface area contributed by atoms with Crippen molar-refractivity contribution in [1.82, 2.24) is 0 Å². The summed E-state index contributed by atoms with van der Waals surface area (Å²) in [6.07, 6.45) is 4.30. The van der Waals surface area contributed by atoms with Crippen LogP contribution in [0.1, 0.15) is 46.5 Å². The van der Waals surface area contributed by atoms with Gasteiger partial charge in [-0.25, -0.2) is 0 Å². The quantitative estimate of drug-likeness (QED) is 0.297. The van der Waals surface area contributed by atoms with Crippen molar-refractivity contribution in [2.75, 3.05) is 32.3 Å². The molecule has 0 spiro atoms. The van der Waals surface area contributed by atoms with Crippen LogP contribution in [-0.2, 0) is 17.7 Å². The molecule has 0 aromatic rings. The van der Waals surface area contributed by atoms with Gasteiger partial charge in [-0.05, 0) is 33.6 Å². The molecule has 0 radical (unpaired) electrons. The van der Waals surface area contributed by atoms with E-state index in [1.807, 2.05) is 20.8 Å². The molecule has 18 heavy (non-hydrogen) atoms. The fraction of sp³-hybridized carbons (Fsp3) is 1.00. The van der Waals surface area contributed by atoms with Crippen LogP contribution in [0.15, 0.2) is 0 Å². The first-order chi connectivity index (χ1) is 8.74. The van der Waals surface area contributed by atoms with Crippen molar-refractivity contribution in [2.24, 2.45) is 0 Å². The molecule has 0 aliphatic heterocycles. The van der Waals surface area contributed by atoms with Gasteiger partial charge in [0.2, 0.25) is 0 Å². The Bertz CT molecular complexity index is 166. The molecule has 0 unspecified atom stereocenters. The summed E-state index contributed by atoms with van der Waals surface area (Å²) >= 11 is 5.63. The van der Waals surface area contributed by atoms with Gasteiger partial charge >= 0.3 is 9.05 Å². The van der Waals surface area contributed by atoms with E-state index in [2.05, 4.69) is 0 Å². The third kappa shape index (κ3) is 8.45. The maximum Gasteiger partial charge on any atom is 0.679 e. The summed E-state index contributed by atoms with van der Waals surface area (Å²) in [5.74, 6) is 0.733. The average molecular weight is 299 g/mol. The lowest BCUT2D eigenvalue weighted by molar-refractivity contribution is -0.0280. The van der Waals surface area contributed by atoms with Crippen molar-refractivity contribution in [1.29, 1.82) is 0 Å². The minimum absolute atomic E-state index is 0.540.